The van der Waals surface area contributed by atoms with Gasteiger partial charge in [-0.15, -0.1) is 0 Å². The van der Waals surface area contributed by atoms with Crippen molar-refractivity contribution < 1.29 is 9.18 Å². The number of carbonyl (C=O) groups excluding carboxylic acids is 1. The second-order valence-electron chi connectivity index (χ2n) is 6.54. The summed E-state index contributed by atoms with van der Waals surface area (Å²) in [7, 11) is 0. The molecule has 2 aromatic heterocycles. The van der Waals surface area contributed by atoms with Crippen LogP contribution in [0.1, 0.15) is 15.9 Å². The third kappa shape index (κ3) is 4.46. The Hall–Kier alpha value is -3.33. The van der Waals surface area contributed by atoms with Gasteiger partial charge in [0.1, 0.15) is 18.0 Å². The number of nitrogens with zero attached hydrogens (tertiary/aromatic N) is 4. The average molecular weight is 469 g/mol. The van der Waals surface area contributed by atoms with Crippen LogP contribution in [-0.4, -0.2) is 32.2 Å². The second kappa shape index (κ2) is 9.00. The van der Waals surface area contributed by atoms with Crippen molar-refractivity contribution in [2.45, 2.75) is 13.1 Å². The lowest BCUT2D eigenvalue weighted by Gasteiger charge is -2.08. The Morgan fingerprint density at radius 1 is 1.10 bits per heavy atom. The molecule has 0 aliphatic rings. The quantitative estimate of drug-likeness (QED) is 0.431. The molecule has 7 nitrogen and oxygen atoms in total. The van der Waals surface area contributed by atoms with Crippen LogP contribution >= 0.6 is 15.9 Å². The number of amides is 1. The van der Waals surface area contributed by atoms with Gasteiger partial charge in [0, 0.05) is 17.6 Å². The topological polar surface area (TPSA) is 84.7 Å². The number of hydrogen-bond acceptors (Lipinski definition) is 5. The van der Waals surface area contributed by atoms with E-state index in [1.54, 1.807) is 29.1 Å². The van der Waals surface area contributed by atoms with Crippen LogP contribution in [0.4, 0.5) is 10.2 Å². The van der Waals surface area contributed by atoms with E-state index in [-0.39, 0.29) is 11.7 Å². The highest BCUT2D eigenvalue weighted by Crippen LogP contribution is 2.19. The monoisotopic (exact) mass is 468 g/mol. The molecule has 0 atom stereocenters. The van der Waals surface area contributed by atoms with E-state index in [0.29, 0.717) is 36.7 Å². The maximum Gasteiger partial charge on any atom is 0.252 e. The van der Waals surface area contributed by atoms with E-state index in [4.69, 9.17) is 0 Å². The van der Waals surface area contributed by atoms with Gasteiger partial charge >= 0.3 is 0 Å². The van der Waals surface area contributed by atoms with Crippen molar-refractivity contribution >= 4 is 38.7 Å². The molecule has 2 heterocycles. The maximum atomic E-state index is 13.0. The number of carbonyl (C=O) groups is 1. The molecule has 0 fully saturated rings. The van der Waals surface area contributed by atoms with E-state index in [0.717, 1.165) is 15.4 Å². The van der Waals surface area contributed by atoms with Gasteiger partial charge in [0.2, 0.25) is 0 Å². The van der Waals surface area contributed by atoms with Gasteiger partial charge in [0.15, 0.2) is 5.65 Å². The number of benzene rings is 2. The number of rotatable bonds is 7. The SMILES string of the molecule is O=C(NCCn1ncc2c(NCc3ccc(F)cc3)ncnc21)c1ccccc1Br. The minimum Gasteiger partial charge on any atom is -0.365 e. The van der Waals surface area contributed by atoms with E-state index >= 15 is 0 Å². The van der Waals surface area contributed by atoms with Crippen LogP contribution < -0.4 is 10.6 Å². The largest absolute Gasteiger partial charge is 0.365 e. The van der Waals surface area contributed by atoms with Crippen LogP contribution in [0, 0.1) is 5.82 Å². The number of anilines is 1. The first-order valence-corrected chi connectivity index (χ1v) is 10.1. The van der Waals surface area contributed by atoms with Gasteiger partial charge in [-0.05, 0) is 45.8 Å². The van der Waals surface area contributed by atoms with Crippen molar-refractivity contribution in [3.8, 4) is 0 Å². The molecular weight excluding hydrogens is 451 g/mol. The summed E-state index contributed by atoms with van der Waals surface area (Å²) >= 11 is 3.38. The normalized spacial score (nSPS) is 10.9. The van der Waals surface area contributed by atoms with Gasteiger partial charge in [0.05, 0.1) is 23.7 Å². The van der Waals surface area contributed by atoms with Crippen molar-refractivity contribution in [2.24, 2.45) is 0 Å². The Morgan fingerprint density at radius 3 is 2.70 bits per heavy atom. The van der Waals surface area contributed by atoms with E-state index in [9.17, 15) is 9.18 Å². The van der Waals surface area contributed by atoms with Gasteiger partial charge in [-0.3, -0.25) is 4.79 Å². The van der Waals surface area contributed by atoms with Crippen molar-refractivity contribution in [1.82, 2.24) is 25.1 Å². The van der Waals surface area contributed by atoms with E-state index in [2.05, 4.69) is 41.6 Å². The predicted molar refractivity (Wildman–Crippen MR) is 116 cm³/mol. The van der Waals surface area contributed by atoms with Crippen LogP contribution in [0.25, 0.3) is 11.0 Å². The highest BCUT2D eigenvalue weighted by molar-refractivity contribution is 9.10. The summed E-state index contributed by atoms with van der Waals surface area (Å²) in [6.07, 6.45) is 3.16. The zero-order chi connectivity index (χ0) is 20.9. The number of halogens is 2. The molecular formula is C21H18BrFN6O. The van der Waals surface area contributed by atoms with Crippen LogP contribution in [0.15, 0.2) is 65.5 Å². The molecule has 0 aliphatic carbocycles. The van der Waals surface area contributed by atoms with Crippen LogP contribution in [0.3, 0.4) is 0 Å². The molecule has 2 N–H and O–H groups in total. The van der Waals surface area contributed by atoms with Gasteiger partial charge in [-0.1, -0.05) is 24.3 Å². The standard InChI is InChI=1S/C21H18BrFN6O/c22-18-4-2-1-3-16(18)21(30)24-9-10-29-20-17(12-28-29)19(26-13-27-20)25-11-14-5-7-15(23)8-6-14/h1-8,12-13H,9-11H2,(H,24,30)(H,25,26,27). The summed E-state index contributed by atoms with van der Waals surface area (Å²) in [6.45, 7) is 1.37. The Bertz CT molecular complexity index is 1180. The molecule has 4 rings (SSSR count). The van der Waals surface area contributed by atoms with Crippen LogP contribution in [0.2, 0.25) is 0 Å². The number of nitrogens with one attached hydrogen (secondary N) is 2. The summed E-state index contributed by atoms with van der Waals surface area (Å²) in [5.74, 6) is 0.221. The Balaban J connectivity index is 1.41. The van der Waals surface area contributed by atoms with Crippen molar-refractivity contribution in [2.75, 3.05) is 11.9 Å². The van der Waals surface area contributed by atoms with E-state index < -0.39 is 0 Å². The fourth-order valence-electron chi connectivity index (χ4n) is 3.00. The summed E-state index contributed by atoms with van der Waals surface area (Å²) in [5, 5.41) is 11.3. The molecule has 2 aromatic carbocycles. The lowest BCUT2D eigenvalue weighted by atomic mass is 10.2. The predicted octanol–water partition coefficient (Wildman–Crippen LogP) is 3.77. The molecule has 0 spiro atoms. The molecule has 30 heavy (non-hydrogen) atoms. The van der Waals surface area contributed by atoms with Crippen molar-refractivity contribution in [3.63, 3.8) is 0 Å². The Kier molecular flexibility index (Phi) is 5.99. The minimum atomic E-state index is -0.267. The fourth-order valence-corrected chi connectivity index (χ4v) is 3.47. The fraction of sp³-hybridized carbons (Fsp3) is 0.143. The van der Waals surface area contributed by atoms with Crippen molar-refractivity contribution in [1.29, 1.82) is 0 Å². The first-order chi connectivity index (χ1) is 14.6. The third-order valence-corrected chi connectivity index (χ3v) is 5.23. The third-order valence-electron chi connectivity index (χ3n) is 4.53. The molecule has 0 bridgehead atoms. The summed E-state index contributed by atoms with van der Waals surface area (Å²) in [6, 6.07) is 13.5. The highest BCUT2D eigenvalue weighted by atomic mass is 79.9. The molecule has 152 valence electrons. The summed E-state index contributed by atoms with van der Waals surface area (Å²) in [4.78, 5) is 20.9. The molecule has 0 saturated carbocycles. The minimum absolute atomic E-state index is 0.157. The molecule has 0 radical (unpaired) electrons. The van der Waals surface area contributed by atoms with Crippen molar-refractivity contribution in [3.05, 3.63) is 82.5 Å². The smallest absolute Gasteiger partial charge is 0.252 e. The molecule has 0 aliphatic heterocycles. The number of aromatic nitrogens is 4. The average Bonchev–Trinajstić information content (AvgIpc) is 3.17. The second-order valence-corrected chi connectivity index (χ2v) is 7.40. The highest BCUT2D eigenvalue weighted by Gasteiger charge is 2.11. The summed E-state index contributed by atoms with van der Waals surface area (Å²) < 4.78 is 15.5. The van der Waals surface area contributed by atoms with Gasteiger partial charge in [-0.25, -0.2) is 19.0 Å². The summed E-state index contributed by atoms with van der Waals surface area (Å²) in [5.41, 5.74) is 2.18. The lowest BCUT2D eigenvalue weighted by molar-refractivity contribution is 0.0951. The molecule has 1 amide bonds. The first kappa shape index (κ1) is 20.0. The van der Waals surface area contributed by atoms with Crippen LogP contribution in [-0.2, 0) is 13.1 Å². The Labute approximate surface area is 180 Å². The van der Waals surface area contributed by atoms with Crippen LogP contribution in [0.5, 0.6) is 0 Å². The zero-order valence-corrected chi connectivity index (χ0v) is 17.4. The molecule has 4 aromatic rings. The first-order valence-electron chi connectivity index (χ1n) is 9.29. The van der Waals surface area contributed by atoms with E-state index in [1.165, 1.54) is 18.5 Å². The zero-order valence-electron chi connectivity index (χ0n) is 15.8. The molecule has 9 heteroatoms. The number of hydrogen-bond donors (Lipinski definition) is 2. The maximum absolute atomic E-state index is 13.0. The Morgan fingerprint density at radius 2 is 1.90 bits per heavy atom. The van der Waals surface area contributed by atoms with E-state index in [1.807, 2.05) is 18.2 Å². The van der Waals surface area contributed by atoms with Gasteiger partial charge in [0.25, 0.3) is 5.91 Å². The number of fused-ring (bicyclic) bond motifs is 1. The van der Waals surface area contributed by atoms with Gasteiger partial charge in [-0.2, -0.15) is 5.10 Å². The lowest BCUT2D eigenvalue weighted by Crippen LogP contribution is -2.27. The molecule has 0 saturated heterocycles. The van der Waals surface area contributed by atoms with Gasteiger partial charge < -0.3 is 10.6 Å². The molecule has 0 unspecified atom stereocenters.